The van der Waals surface area contributed by atoms with Crippen molar-refractivity contribution in [3.05, 3.63) is 0 Å². The second-order valence-corrected chi connectivity index (χ2v) is 6.85. The van der Waals surface area contributed by atoms with Crippen LogP contribution in [0.5, 0.6) is 0 Å². The molecule has 2 rings (SSSR count). The Balaban J connectivity index is 2.05. The summed E-state index contributed by atoms with van der Waals surface area (Å²) >= 11 is 0. The standard InChI is InChI=1S/C10H20N2O2S/c1-2-3-15(13,14)12-7-9-4-10(8-12)6-11-5-9/h9-11H,2-8H2,1H3/t9-,10+. The normalized spacial score (nSPS) is 32.9. The monoisotopic (exact) mass is 232 g/mol. The number of piperidine rings is 2. The first-order valence-electron chi connectivity index (χ1n) is 5.80. The molecule has 0 radical (unpaired) electrons. The van der Waals surface area contributed by atoms with Crippen molar-refractivity contribution in [1.82, 2.24) is 9.62 Å². The molecule has 0 unspecified atom stereocenters. The molecule has 0 aromatic heterocycles. The topological polar surface area (TPSA) is 49.4 Å². The second kappa shape index (κ2) is 4.39. The molecule has 0 spiro atoms. The van der Waals surface area contributed by atoms with Crippen LogP contribution in [0, 0.1) is 11.8 Å². The number of rotatable bonds is 3. The van der Waals surface area contributed by atoms with Crippen molar-refractivity contribution < 1.29 is 8.42 Å². The Bertz CT molecular complexity index is 303. The Morgan fingerprint density at radius 2 is 1.87 bits per heavy atom. The van der Waals surface area contributed by atoms with Gasteiger partial charge in [-0.2, -0.15) is 0 Å². The van der Waals surface area contributed by atoms with E-state index in [0.717, 1.165) is 26.2 Å². The highest BCUT2D eigenvalue weighted by Crippen LogP contribution is 2.26. The number of nitrogens with zero attached hydrogens (tertiary/aromatic N) is 1. The van der Waals surface area contributed by atoms with E-state index in [2.05, 4.69) is 5.32 Å². The van der Waals surface area contributed by atoms with Crippen LogP contribution in [0.3, 0.4) is 0 Å². The molecular weight excluding hydrogens is 212 g/mol. The maximum atomic E-state index is 11.9. The van der Waals surface area contributed by atoms with Crippen LogP contribution >= 0.6 is 0 Å². The fourth-order valence-corrected chi connectivity index (χ4v) is 4.32. The molecular formula is C10H20N2O2S. The van der Waals surface area contributed by atoms with E-state index in [9.17, 15) is 8.42 Å². The Labute approximate surface area is 92.1 Å². The van der Waals surface area contributed by atoms with E-state index in [1.165, 1.54) is 6.42 Å². The first kappa shape index (κ1) is 11.4. The highest BCUT2D eigenvalue weighted by molar-refractivity contribution is 7.89. The van der Waals surface area contributed by atoms with E-state index in [0.29, 0.717) is 24.0 Å². The van der Waals surface area contributed by atoms with Crippen LogP contribution in [-0.2, 0) is 10.0 Å². The predicted molar refractivity (Wildman–Crippen MR) is 60.1 cm³/mol. The number of fused-ring (bicyclic) bond motifs is 2. The summed E-state index contributed by atoms with van der Waals surface area (Å²) in [6, 6.07) is 0. The van der Waals surface area contributed by atoms with E-state index >= 15 is 0 Å². The van der Waals surface area contributed by atoms with Gasteiger partial charge in [-0.3, -0.25) is 0 Å². The van der Waals surface area contributed by atoms with Crippen LogP contribution in [0.4, 0.5) is 0 Å². The van der Waals surface area contributed by atoms with Crippen molar-refractivity contribution in [2.24, 2.45) is 11.8 Å². The van der Waals surface area contributed by atoms with Gasteiger partial charge in [-0.1, -0.05) is 6.92 Å². The van der Waals surface area contributed by atoms with Gasteiger partial charge in [-0.05, 0) is 37.8 Å². The molecule has 5 heteroatoms. The molecule has 0 saturated carbocycles. The molecule has 1 N–H and O–H groups in total. The zero-order valence-electron chi connectivity index (χ0n) is 9.28. The second-order valence-electron chi connectivity index (χ2n) is 4.76. The molecule has 15 heavy (non-hydrogen) atoms. The van der Waals surface area contributed by atoms with Crippen LogP contribution in [0.1, 0.15) is 19.8 Å². The lowest BCUT2D eigenvalue weighted by Crippen LogP contribution is -2.53. The van der Waals surface area contributed by atoms with Crippen LogP contribution in [0.15, 0.2) is 0 Å². The predicted octanol–water partition coefficient (Wildman–Crippen LogP) is 0.267. The van der Waals surface area contributed by atoms with Crippen molar-refractivity contribution >= 4 is 10.0 Å². The van der Waals surface area contributed by atoms with Gasteiger partial charge in [-0.15, -0.1) is 0 Å². The van der Waals surface area contributed by atoms with E-state index in [4.69, 9.17) is 0 Å². The minimum Gasteiger partial charge on any atom is -0.316 e. The summed E-state index contributed by atoms with van der Waals surface area (Å²) in [5, 5.41) is 3.37. The smallest absolute Gasteiger partial charge is 0.214 e. The Morgan fingerprint density at radius 3 is 2.40 bits per heavy atom. The summed E-state index contributed by atoms with van der Waals surface area (Å²) in [6.07, 6.45) is 1.91. The zero-order chi connectivity index (χ0) is 10.9. The lowest BCUT2D eigenvalue weighted by Gasteiger charge is -2.40. The third kappa shape index (κ3) is 2.52. The first-order valence-corrected chi connectivity index (χ1v) is 7.41. The van der Waals surface area contributed by atoms with E-state index in [-0.39, 0.29) is 0 Å². The molecule has 0 aromatic rings. The van der Waals surface area contributed by atoms with Crippen molar-refractivity contribution in [2.75, 3.05) is 31.9 Å². The Hall–Kier alpha value is -0.130. The van der Waals surface area contributed by atoms with Gasteiger partial charge in [0.15, 0.2) is 0 Å². The first-order chi connectivity index (χ1) is 7.12. The van der Waals surface area contributed by atoms with Crippen molar-refractivity contribution in [3.8, 4) is 0 Å². The summed E-state index contributed by atoms with van der Waals surface area (Å²) in [4.78, 5) is 0. The maximum Gasteiger partial charge on any atom is 0.214 e. The van der Waals surface area contributed by atoms with Crippen LogP contribution in [0.2, 0.25) is 0 Å². The van der Waals surface area contributed by atoms with Crippen LogP contribution in [-0.4, -0.2) is 44.7 Å². The maximum absolute atomic E-state index is 11.9. The van der Waals surface area contributed by atoms with Gasteiger partial charge in [0.1, 0.15) is 0 Å². The van der Waals surface area contributed by atoms with E-state index in [1.54, 1.807) is 4.31 Å². The number of hydrogen-bond donors (Lipinski definition) is 1. The fraction of sp³-hybridized carbons (Fsp3) is 1.00. The van der Waals surface area contributed by atoms with Gasteiger partial charge in [0, 0.05) is 13.1 Å². The highest BCUT2D eigenvalue weighted by atomic mass is 32.2. The Kier molecular flexibility index (Phi) is 3.33. The van der Waals surface area contributed by atoms with Gasteiger partial charge < -0.3 is 5.32 Å². The molecule has 88 valence electrons. The molecule has 0 amide bonds. The third-order valence-electron chi connectivity index (χ3n) is 3.31. The molecule has 0 aliphatic carbocycles. The van der Waals surface area contributed by atoms with Gasteiger partial charge in [0.2, 0.25) is 10.0 Å². The minimum absolute atomic E-state index is 0.305. The lowest BCUT2D eigenvalue weighted by molar-refractivity contribution is 0.158. The summed E-state index contributed by atoms with van der Waals surface area (Å²) in [5.74, 6) is 1.37. The highest BCUT2D eigenvalue weighted by Gasteiger charge is 2.35. The SMILES string of the molecule is CCCS(=O)(=O)N1C[C@@H]2CNC[C@@H](C2)C1. The van der Waals surface area contributed by atoms with Gasteiger partial charge in [-0.25, -0.2) is 12.7 Å². The zero-order valence-corrected chi connectivity index (χ0v) is 10.1. The van der Waals surface area contributed by atoms with Crippen LogP contribution in [0.25, 0.3) is 0 Å². The number of nitrogens with one attached hydrogen (secondary N) is 1. The molecule has 2 bridgehead atoms. The molecule has 2 heterocycles. The van der Waals surface area contributed by atoms with Crippen molar-refractivity contribution in [3.63, 3.8) is 0 Å². The molecule has 2 fully saturated rings. The molecule has 0 aromatic carbocycles. The molecule has 2 atom stereocenters. The molecule has 4 nitrogen and oxygen atoms in total. The summed E-state index contributed by atoms with van der Waals surface area (Å²) in [7, 11) is -2.97. The largest absolute Gasteiger partial charge is 0.316 e. The summed E-state index contributed by atoms with van der Waals surface area (Å²) in [5.41, 5.74) is 0. The van der Waals surface area contributed by atoms with E-state index < -0.39 is 10.0 Å². The van der Waals surface area contributed by atoms with Gasteiger partial charge in [0.25, 0.3) is 0 Å². The van der Waals surface area contributed by atoms with E-state index in [1.807, 2.05) is 6.92 Å². The quantitative estimate of drug-likeness (QED) is 0.760. The van der Waals surface area contributed by atoms with Gasteiger partial charge in [0.05, 0.1) is 5.75 Å². The van der Waals surface area contributed by atoms with Crippen molar-refractivity contribution in [2.45, 2.75) is 19.8 Å². The third-order valence-corrected chi connectivity index (χ3v) is 5.32. The summed E-state index contributed by atoms with van der Waals surface area (Å²) < 4.78 is 25.6. The number of hydrogen-bond acceptors (Lipinski definition) is 3. The molecule has 2 aliphatic rings. The number of sulfonamides is 1. The molecule has 2 saturated heterocycles. The van der Waals surface area contributed by atoms with Gasteiger partial charge >= 0.3 is 0 Å². The van der Waals surface area contributed by atoms with Crippen LogP contribution < -0.4 is 5.32 Å². The Morgan fingerprint density at radius 1 is 1.27 bits per heavy atom. The average molecular weight is 232 g/mol. The fourth-order valence-electron chi connectivity index (χ4n) is 2.67. The average Bonchev–Trinajstić information content (AvgIpc) is 2.17. The molecule has 2 aliphatic heterocycles. The lowest BCUT2D eigenvalue weighted by atomic mass is 9.87. The summed E-state index contributed by atoms with van der Waals surface area (Å²) in [6.45, 7) is 5.34. The minimum atomic E-state index is -2.97. The van der Waals surface area contributed by atoms with Crippen molar-refractivity contribution in [1.29, 1.82) is 0 Å².